The Morgan fingerprint density at radius 2 is 1.94 bits per heavy atom. The number of nitrogens with one attached hydrogen (secondary N) is 1. The van der Waals surface area contributed by atoms with Crippen LogP contribution in [0.5, 0.6) is 11.5 Å². The van der Waals surface area contributed by atoms with Gasteiger partial charge in [0.15, 0.2) is 0 Å². The summed E-state index contributed by atoms with van der Waals surface area (Å²) in [5.41, 5.74) is -0.294. The molecule has 2 N–H and O–H groups in total. The van der Waals surface area contributed by atoms with E-state index in [0.717, 1.165) is 17.9 Å². The van der Waals surface area contributed by atoms with Crippen molar-refractivity contribution in [2.45, 2.75) is 25.8 Å². The number of aliphatic hydroxyl groups is 1. The Morgan fingerprint density at radius 3 is 2.50 bits per heavy atom. The third kappa shape index (κ3) is 4.55. The Morgan fingerprint density at radius 1 is 1.28 bits per heavy atom. The van der Waals surface area contributed by atoms with E-state index in [1.54, 1.807) is 0 Å². The quantitative estimate of drug-likeness (QED) is 0.742. The van der Waals surface area contributed by atoms with Crippen molar-refractivity contribution >= 4 is 0 Å². The van der Waals surface area contributed by atoms with Gasteiger partial charge in [-0.15, -0.1) is 0 Å². The van der Waals surface area contributed by atoms with E-state index in [-0.39, 0.29) is 12.1 Å². The van der Waals surface area contributed by atoms with Gasteiger partial charge in [0.25, 0.3) is 0 Å². The van der Waals surface area contributed by atoms with Crippen LogP contribution in [0.4, 0.5) is 0 Å². The summed E-state index contributed by atoms with van der Waals surface area (Å²) >= 11 is 0. The second kappa shape index (κ2) is 7.24. The Bertz CT molecular complexity index is 351. The highest BCUT2D eigenvalue weighted by Gasteiger charge is 2.20. The SMILES string of the molecule is CCOc1cccc(OCCC(C)(CO)NC)c1. The van der Waals surface area contributed by atoms with Crippen LogP contribution in [0.3, 0.4) is 0 Å². The standard InChI is InChI=1S/C14H23NO3/c1-4-17-12-6-5-7-13(10-12)18-9-8-14(2,11-16)15-3/h5-7,10,15-16H,4,8-9,11H2,1-3H3. The van der Waals surface area contributed by atoms with Crippen molar-refractivity contribution in [3.05, 3.63) is 24.3 Å². The van der Waals surface area contributed by atoms with Crippen LogP contribution in [0.1, 0.15) is 20.3 Å². The first-order valence-electron chi connectivity index (χ1n) is 6.29. The van der Waals surface area contributed by atoms with Crippen LogP contribution in [-0.4, -0.2) is 37.5 Å². The maximum absolute atomic E-state index is 9.26. The molecular weight excluding hydrogens is 230 g/mol. The molecule has 1 aromatic carbocycles. The van der Waals surface area contributed by atoms with Gasteiger partial charge in [-0.1, -0.05) is 6.07 Å². The Labute approximate surface area is 109 Å². The van der Waals surface area contributed by atoms with E-state index in [1.165, 1.54) is 0 Å². The van der Waals surface area contributed by atoms with Crippen LogP contribution in [0.2, 0.25) is 0 Å². The minimum atomic E-state index is -0.294. The van der Waals surface area contributed by atoms with Crippen molar-refractivity contribution in [3.8, 4) is 11.5 Å². The summed E-state index contributed by atoms with van der Waals surface area (Å²) in [6.45, 7) is 5.20. The highest BCUT2D eigenvalue weighted by Crippen LogP contribution is 2.20. The summed E-state index contributed by atoms with van der Waals surface area (Å²) in [6, 6.07) is 7.59. The fourth-order valence-corrected chi connectivity index (χ4v) is 1.50. The van der Waals surface area contributed by atoms with Crippen LogP contribution in [-0.2, 0) is 0 Å². The average molecular weight is 253 g/mol. The lowest BCUT2D eigenvalue weighted by Gasteiger charge is -2.26. The molecule has 0 heterocycles. The summed E-state index contributed by atoms with van der Waals surface area (Å²) in [5, 5.41) is 12.3. The molecule has 0 radical (unpaired) electrons. The average Bonchev–Trinajstić information content (AvgIpc) is 2.39. The lowest BCUT2D eigenvalue weighted by Crippen LogP contribution is -2.44. The minimum absolute atomic E-state index is 0.0891. The number of ether oxygens (including phenoxy) is 2. The Hall–Kier alpha value is -1.26. The molecular formula is C14H23NO3. The van der Waals surface area contributed by atoms with Gasteiger partial charge in [0, 0.05) is 18.0 Å². The van der Waals surface area contributed by atoms with Crippen LogP contribution in [0, 0.1) is 0 Å². The molecule has 18 heavy (non-hydrogen) atoms. The van der Waals surface area contributed by atoms with Crippen molar-refractivity contribution < 1.29 is 14.6 Å². The van der Waals surface area contributed by atoms with Gasteiger partial charge in [0.1, 0.15) is 11.5 Å². The van der Waals surface area contributed by atoms with Gasteiger partial charge in [-0.3, -0.25) is 0 Å². The van der Waals surface area contributed by atoms with E-state index in [9.17, 15) is 5.11 Å². The zero-order chi connectivity index (χ0) is 13.4. The lowest BCUT2D eigenvalue weighted by molar-refractivity contribution is 0.151. The first-order chi connectivity index (χ1) is 8.63. The molecule has 0 aromatic heterocycles. The zero-order valence-electron chi connectivity index (χ0n) is 11.4. The van der Waals surface area contributed by atoms with Crippen LogP contribution in [0.25, 0.3) is 0 Å². The summed E-state index contributed by atoms with van der Waals surface area (Å²) in [7, 11) is 1.84. The van der Waals surface area contributed by atoms with Crippen molar-refractivity contribution in [1.29, 1.82) is 0 Å². The third-order valence-corrected chi connectivity index (χ3v) is 2.99. The molecule has 1 unspecified atom stereocenters. The van der Waals surface area contributed by atoms with E-state index in [1.807, 2.05) is 45.2 Å². The monoisotopic (exact) mass is 253 g/mol. The van der Waals surface area contributed by atoms with Gasteiger partial charge in [-0.05, 0) is 33.0 Å². The molecule has 0 aliphatic rings. The largest absolute Gasteiger partial charge is 0.494 e. The van der Waals surface area contributed by atoms with Crippen LogP contribution >= 0.6 is 0 Å². The highest BCUT2D eigenvalue weighted by atomic mass is 16.5. The van der Waals surface area contributed by atoms with Crippen molar-refractivity contribution in [1.82, 2.24) is 5.32 Å². The van der Waals surface area contributed by atoms with Crippen LogP contribution in [0.15, 0.2) is 24.3 Å². The fraction of sp³-hybridized carbons (Fsp3) is 0.571. The van der Waals surface area contributed by atoms with E-state index in [4.69, 9.17) is 9.47 Å². The molecule has 0 fully saturated rings. The topological polar surface area (TPSA) is 50.7 Å². The summed E-state index contributed by atoms with van der Waals surface area (Å²) in [6.07, 6.45) is 0.735. The molecule has 0 saturated carbocycles. The summed E-state index contributed by atoms with van der Waals surface area (Å²) in [4.78, 5) is 0. The van der Waals surface area contributed by atoms with Gasteiger partial charge < -0.3 is 19.9 Å². The molecule has 1 aromatic rings. The number of hydrogen-bond donors (Lipinski definition) is 2. The van der Waals surface area contributed by atoms with Crippen LogP contribution < -0.4 is 14.8 Å². The predicted molar refractivity (Wildman–Crippen MR) is 72.3 cm³/mol. The Kier molecular flexibility index (Phi) is 5.95. The van der Waals surface area contributed by atoms with E-state index in [2.05, 4.69) is 5.32 Å². The fourth-order valence-electron chi connectivity index (χ4n) is 1.50. The first-order valence-corrected chi connectivity index (χ1v) is 6.29. The van der Waals surface area contributed by atoms with Crippen molar-refractivity contribution in [2.24, 2.45) is 0 Å². The van der Waals surface area contributed by atoms with E-state index >= 15 is 0 Å². The van der Waals surface area contributed by atoms with Gasteiger partial charge in [-0.2, -0.15) is 0 Å². The van der Waals surface area contributed by atoms with Crippen molar-refractivity contribution in [2.75, 3.05) is 26.9 Å². The van der Waals surface area contributed by atoms with E-state index < -0.39 is 0 Å². The number of rotatable bonds is 8. The molecule has 0 saturated heterocycles. The number of benzene rings is 1. The molecule has 1 rings (SSSR count). The minimum Gasteiger partial charge on any atom is -0.494 e. The molecule has 0 amide bonds. The normalized spacial score (nSPS) is 14.0. The smallest absolute Gasteiger partial charge is 0.122 e. The number of hydrogen-bond acceptors (Lipinski definition) is 4. The lowest BCUT2D eigenvalue weighted by atomic mass is 10.0. The molecule has 0 aliphatic carbocycles. The predicted octanol–water partition coefficient (Wildman–Crippen LogP) is 1.82. The third-order valence-electron chi connectivity index (χ3n) is 2.99. The molecule has 4 nitrogen and oxygen atoms in total. The molecule has 1 atom stereocenters. The second-order valence-electron chi connectivity index (χ2n) is 4.48. The van der Waals surface area contributed by atoms with Gasteiger partial charge in [-0.25, -0.2) is 0 Å². The summed E-state index contributed by atoms with van der Waals surface area (Å²) < 4.78 is 11.1. The van der Waals surface area contributed by atoms with Gasteiger partial charge in [0.05, 0.1) is 19.8 Å². The second-order valence-corrected chi connectivity index (χ2v) is 4.48. The molecule has 4 heteroatoms. The molecule has 0 aliphatic heterocycles. The first kappa shape index (κ1) is 14.8. The van der Waals surface area contributed by atoms with Gasteiger partial charge >= 0.3 is 0 Å². The van der Waals surface area contributed by atoms with E-state index in [0.29, 0.717) is 13.2 Å². The zero-order valence-corrected chi connectivity index (χ0v) is 11.4. The number of likely N-dealkylation sites (N-methyl/N-ethyl adjacent to an activating group) is 1. The highest BCUT2D eigenvalue weighted by molar-refractivity contribution is 5.32. The number of aliphatic hydroxyl groups excluding tert-OH is 1. The molecule has 0 spiro atoms. The maximum Gasteiger partial charge on any atom is 0.122 e. The van der Waals surface area contributed by atoms with Gasteiger partial charge in [0.2, 0.25) is 0 Å². The van der Waals surface area contributed by atoms with Crippen molar-refractivity contribution in [3.63, 3.8) is 0 Å². The summed E-state index contributed by atoms with van der Waals surface area (Å²) in [5.74, 6) is 1.60. The Balaban J connectivity index is 2.46. The maximum atomic E-state index is 9.26. The molecule has 102 valence electrons. The molecule has 0 bridgehead atoms.